The van der Waals surface area contributed by atoms with Gasteiger partial charge in [0.05, 0.1) is 18.3 Å². The molecule has 0 radical (unpaired) electrons. The number of hydrogen-bond acceptors (Lipinski definition) is 6. The van der Waals surface area contributed by atoms with Gasteiger partial charge in [0.15, 0.2) is 6.61 Å². The number of aliphatic hydroxyl groups is 1. The van der Waals surface area contributed by atoms with Crippen molar-refractivity contribution in [2.24, 2.45) is 0 Å². The van der Waals surface area contributed by atoms with Crippen LogP contribution in [0.5, 0.6) is 5.75 Å². The fourth-order valence-electron chi connectivity index (χ4n) is 3.67. The lowest BCUT2D eigenvalue weighted by Gasteiger charge is -2.34. The Bertz CT molecular complexity index is 1380. The average Bonchev–Trinajstić information content (AvgIpc) is 3.46. The number of nitrogens with zero attached hydrogens (tertiary/aromatic N) is 6. The smallest absolute Gasteiger partial charge is 0.422 e. The Morgan fingerprint density at radius 1 is 1.06 bits per heavy atom. The number of rotatable bonds is 8. The van der Waals surface area contributed by atoms with E-state index in [0.29, 0.717) is 6.07 Å². The van der Waals surface area contributed by atoms with Crippen molar-refractivity contribution < 1.29 is 31.8 Å². The minimum atomic E-state index is -4.50. The molecule has 2 aromatic carbocycles. The summed E-state index contributed by atoms with van der Waals surface area (Å²) in [6.07, 6.45) is -0.876. The molecular weight excluding hydrogens is 491 g/mol. The fraction of sp³-hybridized carbons (Fsp3) is 0.273. The normalized spacial score (nSPS) is 14.4. The van der Waals surface area contributed by atoms with E-state index in [9.17, 15) is 31.9 Å². The predicted octanol–water partition coefficient (Wildman–Crippen LogP) is 2.99. The van der Waals surface area contributed by atoms with Crippen LogP contribution in [0.3, 0.4) is 0 Å². The highest BCUT2D eigenvalue weighted by Crippen LogP contribution is 2.35. The first-order valence-electron chi connectivity index (χ1n) is 10.4. The number of benzene rings is 2. The molecule has 1 N–H and O–H groups in total. The molecular formula is C22H19F5N6O3. The van der Waals surface area contributed by atoms with Crippen LogP contribution in [0.4, 0.5) is 22.0 Å². The molecule has 0 aliphatic rings. The molecule has 2 atom stereocenters. The van der Waals surface area contributed by atoms with Crippen LogP contribution in [-0.4, -0.2) is 47.0 Å². The van der Waals surface area contributed by atoms with Gasteiger partial charge in [0.1, 0.15) is 42.0 Å². The van der Waals surface area contributed by atoms with E-state index in [2.05, 4.69) is 19.9 Å². The molecule has 0 saturated carbocycles. The van der Waals surface area contributed by atoms with Gasteiger partial charge in [0, 0.05) is 11.6 Å². The van der Waals surface area contributed by atoms with E-state index in [1.54, 1.807) is 0 Å². The van der Waals surface area contributed by atoms with E-state index in [1.807, 2.05) is 0 Å². The summed E-state index contributed by atoms with van der Waals surface area (Å²) in [5.41, 5.74) is -2.89. The van der Waals surface area contributed by atoms with Gasteiger partial charge in [-0.1, -0.05) is 6.07 Å². The van der Waals surface area contributed by atoms with Crippen LogP contribution in [0, 0.1) is 11.6 Å². The Morgan fingerprint density at radius 2 is 1.78 bits per heavy atom. The van der Waals surface area contributed by atoms with Crippen LogP contribution in [-0.2, 0) is 12.1 Å². The molecule has 36 heavy (non-hydrogen) atoms. The third-order valence-corrected chi connectivity index (χ3v) is 5.54. The molecule has 0 fully saturated rings. The number of ether oxygens (including phenoxy) is 1. The van der Waals surface area contributed by atoms with Gasteiger partial charge >= 0.3 is 11.9 Å². The zero-order valence-electron chi connectivity index (χ0n) is 18.6. The summed E-state index contributed by atoms with van der Waals surface area (Å²) in [5, 5.41) is 19.6. The third-order valence-electron chi connectivity index (χ3n) is 5.54. The van der Waals surface area contributed by atoms with E-state index >= 15 is 0 Å². The summed E-state index contributed by atoms with van der Waals surface area (Å²) in [5.74, 6) is -1.94. The first-order valence-corrected chi connectivity index (χ1v) is 10.4. The second-order valence-corrected chi connectivity index (χ2v) is 7.94. The predicted molar refractivity (Wildman–Crippen MR) is 114 cm³/mol. The summed E-state index contributed by atoms with van der Waals surface area (Å²) < 4.78 is 73.2. The highest BCUT2D eigenvalue weighted by molar-refractivity contribution is 5.37. The highest BCUT2D eigenvalue weighted by atomic mass is 19.4. The highest BCUT2D eigenvalue weighted by Gasteiger charge is 2.42. The minimum absolute atomic E-state index is 0.0566. The lowest BCUT2D eigenvalue weighted by molar-refractivity contribution is -0.153. The fourth-order valence-corrected chi connectivity index (χ4v) is 3.67. The second kappa shape index (κ2) is 9.53. The van der Waals surface area contributed by atoms with Gasteiger partial charge in [-0.15, -0.1) is 0 Å². The monoisotopic (exact) mass is 510 g/mol. The van der Waals surface area contributed by atoms with Gasteiger partial charge in [-0.2, -0.15) is 23.4 Å². The number of hydrogen-bond donors (Lipinski definition) is 1. The average molecular weight is 510 g/mol. The third kappa shape index (κ3) is 5.12. The maximum absolute atomic E-state index is 14.8. The summed E-state index contributed by atoms with van der Waals surface area (Å²) in [6, 6.07) is 6.67. The Labute approximate surface area is 200 Å². The number of aromatic nitrogens is 6. The molecule has 2 aromatic heterocycles. The van der Waals surface area contributed by atoms with Gasteiger partial charge in [-0.3, -0.25) is 0 Å². The zero-order chi connectivity index (χ0) is 26.1. The Hall–Kier alpha value is -4.07. The molecule has 190 valence electrons. The van der Waals surface area contributed by atoms with E-state index in [1.165, 1.54) is 48.5 Å². The minimum Gasteiger partial charge on any atom is -0.484 e. The molecule has 0 bridgehead atoms. The molecule has 0 aliphatic heterocycles. The van der Waals surface area contributed by atoms with Crippen molar-refractivity contribution in [2.75, 3.05) is 6.61 Å². The van der Waals surface area contributed by atoms with Crippen LogP contribution >= 0.6 is 0 Å². The Kier molecular flexibility index (Phi) is 6.63. The van der Waals surface area contributed by atoms with Crippen molar-refractivity contribution in [1.29, 1.82) is 0 Å². The molecule has 4 rings (SSSR count). The number of halogens is 5. The topological polar surface area (TPSA) is 100.0 Å². The largest absolute Gasteiger partial charge is 0.484 e. The summed E-state index contributed by atoms with van der Waals surface area (Å²) >= 11 is 0. The van der Waals surface area contributed by atoms with Gasteiger partial charge in [-0.25, -0.2) is 32.5 Å². The van der Waals surface area contributed by atoms with Crippen molar-refractivity contribution in [2.45, 2.75) is 31.3 Å². The standard InChI is InChI=1S/C22H19F5N6O3/c1-14(21(35,9-31-12-28-11-29-31)18-7-2-15(23)8-19(18)24)33-20(34)32(13-30-33)16-3-5-17(6-4-16)36-10-22(25,26)27/h2-8,11-14,35H,9-10H2,1H3/t14-,21-/m1/s1. The first kappa shape index (κ1) is 25.0. The van der Waals surface area contributed by atoms with E-state index in [-0.39, 0.29) is 23.5 Å². The molecule has 2 heterocycles. The summed E-state index contributed by atoms with van der Waals surface area (Å²) in [6.45, 7) is -0.389. The van der Waals surface area contributed by atoms with Gasteiger partial charge < -0.3 is 9.84 Å². The van der Waals surface area contributed by atoms with Crippen LogP contribution in [0.2, 0.25) is 0 Å². The molecule has 9 nitrogen and oxygen atoms in total. The van der Waals surface area contributed by atoms with E-state index in [4.69, 9.17) is 0 Å². The van der Waals surface area contributed by atoms with Crippen LogP contribution in [0.15, 0.2) is 66.2 Å². The Balaban J connectivity index is 1.67. The van der Waals surface area contributed by atoms with Crippen molar-refractivity contribution in [3.05, 3.63) is 89.1 Å². The lowest BCUT2D eigenvalue weighted by atomic mass is 9.86. The Morgan fingerprint density at radius 3 is 2.39 bits per heavy atom. The van der Waals surface area contributed by atoms with Crippen LogP contribution in [0.1, 0.15) is 18.5 Å². The van der Waals surface area contributed by atoms with E-state index in [0.717, 1.165) is 27.7 Å². The van der Waals surface area contributed by atoms with Crippen LogP contribution in [0.25, 0.3) is 5.69 Å². The van der Waals surface area contributed by atoms with Crippen molar-refractivity contribution in [3.8, 4) is 11.4 Å². The van der Waals surface area contributed by atoms with Gasteiger partial charge in [0.2, 0.25) is 0 Å². The van der Waals surface area contributed by atoms with Gasteiger partial charge in [-0.05, 0) is 37.3 Å². The molecule has 14 heteroatoms. The molecule has 0 amide bonds. The van der Waals surface area contributed by atoms with Crippen molar-refractivity contribution in [1.82, 2.24) is 29.1 Å². The first-order chi connectivity index (χ1) is 17.0. The molecule has 4 aromatic rings. The SMILES string of the molecule is C[C@@H](n1ncn(-c2ccc(OCC(F)(F)F)cc2)c1=O)[C@](O)(Cn1cncn1)c1ccc(F)cc1F. The van der Waals surface area contributed by atoms with E-state index < -0.39 is 41.8 Å². The number of alkyl halides is 3. The van der Waals surface area contributed by atoms with Crippen LogP contribution < -0.4 is 10.4 Å². The molecule has 0 saturated heterocycles. The molecule has 0 spiro atoms. The maximum Gasteiger partial charge on any atom is 0.422 e. The zero-order valence-corrected chi connectivity index (χ0v) is 18.6. The van der Waals surface area contributed by atoms with Gasteiger partial charge in [0.25, 0.3) is 0 Å². The van der Waals surface area contributed by atoms with Crippen molar-refractivity contribution in [3.63, 3.8) is 0 Å². The summed E-state index contributed by atoms with van der Waals surface area (Å²) in [7, 11) is 0. The summed E-state index contributed by atoms with van der Waals surface area (Å²) in [4.78, 5) is 16.9. The second-order valence-electron chi connectivity index (χ2n) is 7.94. The lowest BCUT2D eigenvalue weighted by Crippen LogP contribution is -2.44. The maximum atomic E-state index is 14.8. The van der Waals surface area contributed by atoms with Crippen molar-refractivity contribution >= 4 is 0 Å². The quantitative estimate of drug-likeness (QED) is 0.366. The molecule has 0 unspecified atom stereocenters. The molecule has 0 aliphatic carbocycles.